The summed E-state index contributed by atoms with van der Waals surface area (Å²) in [7, 11) is 1.55. The lowest BCUT2D eigenvalue weighted by Crippen LogP contribution is -2.24. The van der Waals surface area contributed by atoms with Crippen molar-refractivity contribution in [2.45, 2.75) is 13.3 Å². The van der Waals surface area contributed by atoms with Crippen molar-refractivity contribution >= 4 is 12.1 Å². The molecular formula is C28H28N4O4. The second-order valence-electron chi connectivity index (χ2n) is 7.82. The number of methoxy groups -OCH3 is 1. The van der Waals surface area contributed by atoms with Gasteiger partial charge in [0, 0.05) is 17.3 Å². The molecule has 0 aliphatic carbocycles. The summed E-state index contributed by atoms with van der Waals surface area (Å²) in [4.78, 5) is 12.3. The highest BCUT2D eigenvalue weighted by Gasteiger charge is 2.12. The molecule has 0 atom stereocenters. The van der Waals surface area contributed by atoms with E-state index in [1.807, 2.05) is 72.9 Å². The summed E-state index contributed by atoms with van der Waals surface area (Å²) in [6, 6.07) is 24.7. The van der Waals surface area contributed by atoms with Gasteiger partial charge in [0.25, 0.3) is 5.91 Å². The van der Waals surface area contributed by atoms with E-state index in [4.69, 9.17) is 19.3 Å². The Morgan fingerprint density at radius 1 is 0.972 bits per heavy atom. The van der Waals surface area contributed by atoms with Gasteiger partial charge in [-0.25, -0.2) is 10.1 Å². The van der Waals surface area contributed by atoms with Gasteiger partial charge in [-0.05, 0) is 55.0 Å². The van der Waals surface area contributed by atoms with Crippen LogP contribution in [-0.2, 0) is 4.79 Å². The molecule has 36 heavy (non-hydrogen) atoms. The van der Waals surface area contributed by atoms with Gasteiger partial charge in [0.1, 0.15) is 11.4 Å². The molecule has 1 aromatic heterocycles. The van der Waals surface area contributed by atoms with Gasteiger partial charge in [-0.15, -0.1) is 0 Å². The lowest BCUT2D eigenvalue weighted by atomic mass is 10.1. The lowest BCUT2D eigenvalue weighted by molar-refractivity contribution is -0.123. The van der Waals surface area contributed by atoms with Crippen molar-refractivity contribution in [2.24, 2.45) is 5.10 Å². The highest BCUT2D eigenvalue weighted by Crippen LogP contribution is 2.26. The lowest BCUT2D eigenvalue weighted by Gasteiger charge is -2.09. The van der Waals surface area contributed by atoms with E-state index in [0.717, 1.165) is 34.7 Å². The van der Waals surface area contributed by atoms with Crippen molar-refractivity contribution in [3.8, 4) is 34.2 Å². The number of nitrogens with one attached hydrogen (secondary N) is 1. The molecule has 0 aliphatic heterocycles. The molecule has 1 heterocycles. The van der Waals surface area contributed by atoms with Gasteiger partial charge in [0.05, 0.1) is 25.6 Å². The quantitative estimate of drug-likeness (QED) is 0.243. The van der Waals surface area contributed by atoms with E-state index in [1.54, 1.807) is 30.1 Å². The molecule has 3 aromatic carbocycles. The number of aromatic nitrogens is 2. The first-order chi connectivity index (χ1) is 17.7. The van der Waals surface area contributed by atoms with Gasteiger partial charge >= 0.3 is 0 Å². The van der Waals surface area contributed by atoms with Crippen LogP contribution in [0.4, 0.5) is 0 Å². The van der Waals surface area contributed by atoms with Gasteiger partial charge in [-0.2, -0.15) is 10.2 Å². The predicted molar refractivity (Wildman–Crippen MR) is 139 cm³/mol. The number of carbonyl (C=O) groups excluding carboxylic acids is 1. The zero-order valence-electron chi connectivity index (χ0n) is 20.3. The van der Waals surface area contributed by atoms with Crippen LogP contribution in [0.25, 0.3) is 16.9 Å². The van der Waals surface area contributed by atoms with Crippen molar-refractivity contribution in [1.29, 1.82) is 0 Å². The van der Waals surface area contributed by atoms with E-state index < -0.39 is 5.91 Å². The molecule has 184 valence electrons. The molecular weight excluding hydrogens is 456 g/mol. The van der Waals surface area contributed by atoms with Crippen LogP contribution in [-0.4, -0.2) is 42.2 Å². The van der Waals surface area contributed by atoms with Crippen molar-refractivity contribution in [3.63, 3.8) is 0 Å². The highest BCUT2D eigenvalue weighted by molar-refractivity contribution is 5.89. The van der Waals surface area contributed by atoms with Crippen molar-refractivity contribution < 1.29 is 19.0 Å². The molecule has 0 saturated carbocycles. The van der Waals surface area contributed by atoms with Crippen LogP contribution in [0.15, 0.2) is 90.2 Å². The monoisotopic (exact) mass is 484 g/mol. The molecule has 4 rings (SSSR count). The Kier molecular flexibility index (Phi) is 8.32. The Hall–Kier alpha value is -4.59. The highest BCUT2D eigenvalue weighted by atomic mass is 16.5. The van der Waals surface area contributed by atoms with E-state index in [0.29, 0.717) is 18.1 Å². The number of rotatable bonds is 11. The summed E-state index contributed by atoms with van der Waals surface area (Å²) in [6.45, 7) is 2.53. The average Bonchev–Trinajstić information content (AvgIpc) is 3.36. The fraction of sp³-hybridized carbons (Fsp3) is 0.179. The second-order valence-corrected chi connectivity index (χ2v) is 7.82. The molecule has 0 spiro atoms. The molecule has 1 amide bonds. The van der Waals surface area contributed by atoms with Crippen LogP contribution in [0.3, 0.4) is 0 Å². The first-order valence-electron chi connectivity index (χ1n) is 11.6. The number of nitrogens with zero attached hydrogens (tertiary/aromatic N) is 3. The number of hydrogen-bond acceptors (Lipinski definition) is 6. The predicted octanol–water partition coefficient (Wildman–Crippen LogP) is 4.87. The summed E-state index contributed by atoms with van der Waals surface area (Å²) < 4.78 is 18.3. The smallest absolute Gasteiger partial charge is 0.277 e. The fourth-order valence-electron chi connectivity index (χ4n) is 3.44. The molecule has 1 N–H and O–H groups in total. The number of carbonyl (C=O) groups is 1. The van der Waals surface area contributed by atoms with E-state index in [9.17, 15) is 4.79 Å². The van der Waals surface area contributed by atoms with E-state index >= 15 is 0 Å². The van der Waals surface area contributed by atoms with E-state index in [-0.39, 0.29) is 6.61 Å². The molecule has 4 aromatic rings. The summed E-state index contributed by atoms with van der Waals surface area (Å²) in [5, 5.41) is 8.90. The number of benzene rings is 3. The maximum Gasteiger partial charge on any atom is 0.277 e. The number of amides is 1. The van der Waals surface area contributed by atoms with E-state index in [2.05, 4.69) is 17.5 Å². The zero-order valence-corrected chi connectivity index (χ0v) is 20.3. The first-order valence-corrected chi connectivity index (χ1v) is 11.6. The third-order valence-electron chi connectivity index (χ3n) is 5.18. The molecule has 0 saturated heterocycles. The molecule has 0 bridgehead atoms. The van der Waals surface area contributed by atoms with Crippen molar-refractivity contribution in [3.05, 3.63) is 90.6 Å². The Labute approximate surface area is 210 Å². The largest absolute Gasteiger partial charge is 0.494 e. The topological polar surface area (TPSA) is 87.0 Å². The molecule has 8 heteroatoms. The van der Waals surface area contributed by atoms with Crippen LogP contribution in [0, 0.1) is 0 Å². The zero-order chi connectivity index (χ0) is 25.2. The van der Waals surface area contributed by atoms with Crippen LogP contribution in [0.1, 0.15) is 18.9 Å². The number of hydrogen-bond donors (Lipinski definition) is 1. The summed E-state index contributed by atoms with van der Waals surface area (Å²) in [5.41, 5.74) is 5.79. The Morgan fingerprint density at radius 2 is 1.69 bits per heavy atom. The Bertz CT molecular complexity index is 1300. The van der Waals surface area contributed by atoms with Crippen LogP contribution in [0.2, 0.25) is 0 Å². The Morgan fingerprint density at radius 3 is 2.42 bits per heavy atom. The first kappa shape index (κ1) is 24.5. The maximum atomic E-state index is 12.3. The minimum Gasteiger partial charge on any atom is -0.494 e. The maximum absolute atomic E-state index is 12.3. The average molecular weight is 485 g/mol. The minimum absolute atomic E-state index is 0.201. The SMILES string of the molecule is CCCOc1ccc(-c2nn(-c3ccccc3)cc2C=NNC(=O)COc2ccccc2OC)cc1. The fourth-order valence-corrected chi connectivity index (χ4v) is 3.44. The number of para-hydroxylation sites is 3. The van der Waals surface area contributed by atoms with E-state index in [1.165, 1.54) is 0 Å². The van der Waals surface area contributed by atoms with Gasteiger partial charge in [-0.1, -0.05) is 37.3 Å². The third kappa shape index (κ3) is 6.29. The summed E-state index contributed by atoms with van der Waals surface area (Å²) >= 11 is 0. The molecule has 8 nitrogen and oxygen atoms in total. The van der Waals surface area contributed by atoms with Crippen LogP contribution in [0.5, 0.6) is 17.2 Å². The van der Waals surface area contributed by atoms with Gasteiger partial charge < -0.3 is 14.2 Å². The number of ether oxygens (including phenoxy) is 3. The third-order valence-corrected chi connectivity index (χ3v) is 5.18. The van der Waals surface area contributed by atoms with Gasteiger partial charge in [0.15, 0.2) is 18.1 Å². The molecule has 0 unspecified atom stereocenters. The minimum atomic E-state index is -0.397. The van der Waals surface area contributed by atoms with Gasteiger partial charge in [-0.3, -0.25) is 4.79 Å². The summed E-state index contributed by atoms with van der Waals surface area (Å²) in [6.07, 6.45) is 4.39. The number of hydrazone groups is 1. The van der Waals surface area contributed by atoms with Gasteiger partial charge in [0.2, 0.25) is 0 Å². The molecule has 0 fully saturated rings. The standard InChI is InChI=1S/C28H28N4O4/c1-3-17-35-24-15-13-21(14-16-24)28-22(19-32(31-28)23-9-5-4-6-10-23)18-29-30-27(33)20-36-26-12-8-7-11-25(26)34-2/h4-16,18-19H,3,17,20H2,1-2H3,(H,30,33). The summed E-state index contributed by atoms with van der Waals surface area (Å²) in [5.74, 6) is 1.45. The van der Waals surface area contributed by atoms with Crippen molar-refractivity contribution in [2.75, 3.05) is 20.3 Å². The Balaban J connectivity index is 1.49. The second kappa shape index (κ2) is 12.2. The molecule has 0 aliphatic rings. The van der Waals surface area contributed by atoms with Crippen LogP contribution >= 0.6 is 0 Å². The van der Waals surface area contributed by atoms with Crippen molar-refractivity contribution in [1.82, 2.24) is 15.2 Å². The normalized spacial score (nSPS) is 10.8. The van der Waals surface area contributed by atoms with Crippen LogP contribution < -0.4 is 19.6 Å². The molecule has 0 radical (unpaired) electrons.